The summed E-state index contributed by atoms with van der Waals surface area (Å²) in [6.45, 7) is 3.97. The second kappa shape index (κ2) is 6.52. The molecule has 1 saturated heterocycles. The van der Waals surface area contributed by atoms with Gasteiger partial charge in [-0.05, 0) is 13.3 Å². The minimum atomic E-state index is -1.28. The number of nitrogens with one attached hydrogen (secondary N) is 1. The molecule has 0 aliphatic carbocycles. The number of hydrogen-bond acceptors (Lipinski definition) is 6. The maximum Gasteiger partial charge on any atom is 0.330 e. The van der Waals surface area contributed by atoms with E-state index in [2.05, 4.69) is 4.98 Å². The van der Waals surface area contributed by atoms with E-state index in [4.69, 9.17) is 9.47 Å². The topological polar surface area (TPSA) is 114 Å². The van der Waals surface area contributed by atoms with Crippen molar-refractivity contribution < 1.29 is 19.7 Å². The first-order chi connectivity index (χ1) is 9.93. The van der Waals surface area contributed by atoms with Gasteiger partial charge in [-0.2, -0.15) is 0 Å². The van der Waals surface area contributed by atoms with E-state index in [9.17, 15) is 19.8 Å². The molecule has 1 aromatic rings. The Morgan fingerprint density at radius 3 is 2.76 bits per heavy atom. The SMILES string of the molecule is CCC(C)OC[C@H]1O[C@@H](n2ccc(=O)[nH]c2=O)[C@@H](O)C1O. The molecular weight excluding hydrogens is 280 g/mol. The maximum atomic E-state index is 11.7. The van der Waals surface area contributed by atoms with Crippen LogP contribution in [-0.2, 0) is 9.47 Å². The minimum Gasteiger partial charge on any atom is -0.387 e. The summed E-state index contributed by atoms with van der Waals surface area (Å²) in [5, 5.41) is 20.0. The lowest BCUT2D eigenvalue weighted by atomic mass is 10.1. The Balaban J connectivity index is 2.12. The molecule has 1 aliphatic heterocycles. The third-order valence-corrected chi connectivity index (χ3v) is 3.58. The van der Waals surface area contributed by atoms with Gasteiger partial charge in [-0.3, -0.25) is 14.3 Å². The largest absolute Gasteiger partial charge is 0.387 e. The predicted molar refractivity (Wildman–Crippen MR) is 73.0 cm³/mol. The van der Waals surface area contributed by atoms with Gasteiger partial charge in [0.25, 0.3) is 5.56 Å². The average molecular weight is 300 g/mol. The molecule has 3 N–H and O–H groups in total. The fourth-order valence-corrected chi connectivity index (χ4v) is 2.10. The number of aromatic nitrogens is 2. The second-order valence-electron chi connectivity index (χ2n) is 5.12. The Morgan fingerprint density at radius 2 is 2.14 bits per heavy atom. The van der Waals surface area contributed by atoms with Crippen LogP contribution in [0.1, 0.15) is 26.5 Å². The number of ether oxygens (including phenoxy) is 2. The van der Waals surface area contributed by atoms with Gasteiger partial charge in [0.05, 0.1) is 12.7 Å². The van der Waals surface area contributed by atoms with Gasteiger partial charge >= 0.3 is 5.69 Å². The van der Waals surface area contributed by atoms with Crippen LogP contribution in [0.5, 0.6) is 0 Å². The molecule has 0 amide bonds. The minimum absolute atomic E-state index is 0.00722. The third kappa shape index (κ3) is 3.41. The van der Waals surface area contributed by atoms with Gasteiger partial charge in [-0.25, -0.2) is 4.79 Å². The van der Waals surface area contributed by atoms with Crippen molar-refractivity contribution in [3.63, 3.8) is 0 Å². The zero-order valence-electron chi connectivity index (χ0n) is 11.9. The quantitative estimate of drug-likeness (QED) is 0.641. The number of aliphatic hydroxyl groups is 2. The van der Waals surface area contributed by atoms with Crippen LogP contribution < -0.4 is 11.2 Å². The lowest BCUT2D eigenvalue weighted by Crippen LogP contribution is -2.37. The van der Waals surface area contributed by atoms with Gasteiger partial charge in [-0.15, -0.1) is 0 Å². The number of aliphatic hydroxyl groups excluding tert-OH is 2. The summed E-state index contributed by atoms with van der Waals surface area (Å²) in [6.07, 6.45) is -2.20. The van der Waals surface area contributed by atoms with Gasteiger partial charge in [-0.1, -0.05) is 6.92 Å². The molecule has 0 radical (unpaired) electrons. The van der Waals surface area contributed by atoms with Crippen LogP contribution in [0.3, 0.4) is 0 Å². The Kier molecular flexibility index (Phi) is 4.94. The standard InChI is InChI=1S/C13H20N2O6/c1-3-7(2)20-6-8-10(17)11(18)12(21-8)15-5-4-9(16)14-13(15)19/h4-5,7-8,10-12,17-18H,3,6H2,1-2H3,(H,14,16,19)/t7?,8-,10?,11+,12-/m1/s1. The van der Waals surface area contributed by atoms with E-state index in [0.29, 0.717) is 0 Å². The van der Waals surface area contributed by atoms with E-state index in [1.54, 1.807) is 0 Å². The Bertz CT molecular complexity index is 583. The molecule has 1 aromatic heterocycles. The maximum absolute atomic E-state index is 11.7. The van der Waals surface area contributed by atoms with E-state index in [-0.39, 0.29) is 12.7 Å². The molecule has 1 aliphatic rings. The highest BCUT2D eigenvalue weighted by Crippen LogP contribution is 2.28. The highest BCUT2D eigenvalue weighted by molar-refractivity contribution is 4.93. The number of H-pyrrole nitrogens is 1. The first-order valence-electron chi connectivity index (χ1n) is 6.88. The molecule has 0 aromatic carbocycles. The number of hydrogen-bond donors (Lipinski definition) is 3. The van der Waals surface area contributed by atoms with E-state index in [0.717, 1.165) is 17.1 Å². The monoisotopic (exact) mass is 300 g/mol. The highest BCUT2D eigenvalue weighted by Gasteiger charge is 2.44. The fraction of sp³-hybridized carbons (Fsp3) is 0.692. The average Bonchev–Trinajstić information content (AvgIpc) is 2.73. The summed E-state index contributed by atoms with van der Waals surface area (Å²) < 4.78 is 12.0. The van der Waals surface area contributed by atoms with Crippen LogP contribution >= 0.6 is 0 Å². The number of rotatable bonds is 5. The van der Waals surface area contributed by atoms with Gasteiger partial charge < -0.3 is 19.7 Å². The molecule has 118 valence electrons. The predicted octanol–water partition coefficient (Wildman–Crippen LogP) is -1.03. The first kappa shape index (κ1) is 15.9. The first-order valence-corrected chi connectivity index (χ1v) is 6.88. The van der Waals surface area contributed by atoms with Crippen LogP contribution in [0.25, 0.3) is 0 Å². The van der Waals surface area contributed by atoms with Gasteiger partial charge in [0.2, 0.25) is 0 Å². The van der Waals surface area contributed by atoms with E-state index < -0.39 is 35.8 Å². The molecule has 21 heavy (non-hydrogen) atoms. The molecular formula is C13H20N2O6. The van der Waals surface area contributed by atoms with Gasteiger partial charge in [0.1, 0.15) is 18.3 Å². The zero-order valence-corrected chi connectivity index (χ0v) is 11.9. The Labute approximate surface area is 120 Å². The highest BCUT2D eigenvalue weighted by atomic mass is 16.6. The molecule has 2 rings (SSSR count). The van der Waals surface area contributed by atoms with Crippen LogP contribution in [0, 0.1) is 0 Å². The molecule has 8 heteroatoms. The van der Waals surface area contributed by atoms with E-state index in [1.165, 1.54) is 6.20 Å². The molecule has 2 heterocycles. The molecule has 2 unspecified atom stereocenters. The second-order valence-corrected chi connectivity index (χ2v) is 5.12. The van der Waals surface area contributed by atoms with Crippen LogP contribution in [0.4, 0.5) is 0 Å². The van der Waals surface area contributed by atoms with Crippen molar-refractivity contribution in [1.82, 2.24) is 9.55 Å². The van der Waals surface area contributed by atoms with Crippen molar-refractivity contribution >= 4 is 0 Å². The van der Waals surface area contributed by atoms with Gasteiger partial charge in [0.15, 0.2) is 6.23 Å². The molecule has 1 fully saturated rings. The normalized spacial score (nSPS) is 30.5. The smallest absolute Gasteiger partial charge is 0.330 e. The van der Waals surface area contributed by atoms with Crippen LogP contribution in [-0.4, -0.2) is 50.8 Å². The van der Waals surface area contributed by atoms with Crippen molar-refractivity contribution in [2.75, 3.05) is 6.61 Å². The van der Waals surface area contributed by atoms with Crippen molar-refractivity contribution in [2.45, 2.75) is 50.9 Å². The molecule has 0 saturated carbocycles. The summed E-state index contributed by atoms with van der Waals surface area (Å²) in [7, 11) is 0. The van der Waals surface area contributed by atoms with E-state index in [1.807, 2.05) is 13.8 Å². The van der Waals surface area contributed by atoms with Crippen LogP contribution in [0.2, 0.25) is 0 Å². The summed E-state index contributed by atoms with van der Waals surface area (Å²) in [5.41, 5.74) is -1.25. The molecule has 5 atom stereocenters. The summed E-state index contributed by atoms with van der Waals surface area (Å²) in [6, 6.07) is 1.15. The fourth-order valence-electron chi connectivity index (χ4n) is 2.10. The van der Waals surface area contributed by atoms with Crippen molar-refractivity contribution in [2.24, 2.45) is 0 Å². The third-order valence-electron chi connectivity index (χ3n) is 3.58. The molecule has 0 bridgehead atoms. The lowest BCUT2D eigenvalue weighted by molar-refractivity contribution is -0.0807. The Morgan fingerprint density at radius 1 is 1.43 bits per heavy atom. The Hall–Kier alpha value is -1.48. The zero-order chi connectivity index (χ0) is 15.6. The summed E-state index contributed by atoms with van der Waals surface area (Å²) in [4.78, 5) is 24.8. The van der Waals surface area contributed by atoms with Crippen molar-refractivity contribution in [3.8, 4) is 0 Å². The van der Waals surface area contributed by atoms with Gasteiger partial charge in [0, 0.05) is 12.3 Å². The van der Waals surface area contributed by atoms with Crippen molar-refractivity contribution in [1.29, 1.82) is 0 Å². The summed E-state index contributed by atoms with van der Waals surface area (Å²) >= 11 is 0. The molecule has 8 nitrogen and oxygen atoms in total. The van der Waals surface area contributed by atoms with E-state index >= 15 is 0 Å². The van der Waals surface area contributed by atoms with Crippen molar-refractivity contribution in [3.05, 3.63) is 33.1 Å². The lowest BCUT2D eigenvalue weighted by Gasteiger charge is -2.18. The molecule has 0 spiro atoms. The summed E-state index contributed by atoms with van der Waals surface area (Å²) in [5.74, 6) is 0. The number of nitrogens with zero attached hydrogens (tertiary/aromatic N) is 1. The number of aromatic amines is 1. The van der Waals surface area contributed by atoms with Crippen LogP contribution in [0.15, 0.2) is 21.9 Å².